The SMILES string of the molecule is O=P(O)(O)CCOC[C@@H](O)CO. The maximum absolute atomic E-state index is 10.2. The predicted molar refractivity (Wildman–Crippen MR) is 40.8 cm³/mol. The Hall–Kier alpha value is 0.0300. The highest BCUT2D eigenvalue weighted by molar-refractivity contribution is 7.51. The van der Waals surface area contributed by atoms with Crippen LogP contribution >= 0.6 is 7.60 Å². The van der Waals surface area contributed by atoms with E-state index in [1.807, 2.05) is 0 Å². The third-order valence-electron chi connectivity index (χ3n) is 1.05. The van der Waals surface area contributed by atoms with Gasteiger partial charge in [-0.3, -0.25) is 4.57 Å². The van der Waals surface area contributed by atoms with E-state index in [-0.39, 0.29) is 19.4 Å². The van der Waals surface area contributed by atoms with Crippen molar-refractivity contribution in [1.29, 1.82) is 0 Å². The number of aliphatic hydroxyl groups is 2. The number of rotatable bonds is 6. The highest BCUT2D eigenvalue weighted by atomic mass is 31.2. The van der Waals surface area contributed by atoms with Crippen molar-refractivity contribution < 1.29 is 29.3 Å². The first kappa shape index (κ1) is 12.0. The van der Waals surface area contributed by atoms with Gasteiger partial charge in [-0.05, 0) is 0 Å². The molecule has 6 nitrogen and oxygen atoms in total. The summed E-state index contributed by atoms with van der Waals surface area (Å²) in [5, 5.41) is 17.0. The van der Waals surface area contributed by atoms with Crippen LogP contribution in [0.2, 0.25) is 0 Å². The van der Waals surface area contributed by atoms with E-state index < -0.39 is 20.3 Å². The molecular weight excluding hydrogens is 187 g/mol. The molecule has 1 atom stereocenters. The molecule has 0 saturated heterocycles. The molecule has 0 aromatic rings. The van der Waals surface area contributed by atoms with Crippen molar-refractivity contribution in [2.75, 3.05) is 26.0 Å². The maximum Gasteiger partial charge on any atom is 0.327 e. The molecule has 0 amide bonds. The van der Waals surface area contributed by atoms with E-state index in [4.69, 9.17) is 20.0 Å². The fourth-order valence-corrected chi connectivity index (χ4v) is 0.822. The van der Waals surface area contributed by atoms with Gasteiger partial charge < -0.3 is 24.7 Å². The molecule has 4 N–H and O–H groups in total. The second-order valence-electron chi connectivity index (χ2n) is 2.30. The molecule has 0 fully saturated rings. The van der Waals surface area contributed by atoms with Gasteiger partial charge in [0.05, 0.1) is 26.0 Å². The molecule has 0 aliphatic carbocycles. The average molecular weight is 200 g/mol. The Bertz CT molecular complexity index is 154. The van der Waals surface area contributed by atoms with E-state index in [2.05, 4.69) is 4.74 Å². The van der Waals surface area contributed by atoms with Crippen LogP contribution in [0.15, 0.2) is 0 Å². The Morgan fingerprint density at radius 3 is 2.42 bits per heavy atom. The van der Waals surface area contributed by atoms with Gasteiger partial charge in [-0.1, -0.05) is 0 Å². The number of ether oxygens (including phenoxy) is 1. The molecule has 0 unspecified atom stereocenters. The van der Waals surface area contributed by atoms with Crippen LogP contribution in [0.4, 0.5) is 0 Å². The summed E-state index contributed by atoms with van der Waals surface area (Å²) >= 11 is 0. The molecule has 0 rings (SSSR count). The average Bonchev–Trinajstić information content (AvgIpc) is 1.96. The third-order valence-corrected chi connectivity index (χ3v) is 1.81. The first-order valence-corrected chi connectivity index (χ1v) is 5.16. The minimum absolute atomic E-state index is 0.115. The van der Waals surface area contributed by atoms with E-state index in [1.54, 1.807) is 0 Å². The zero-order valence-electron chi connectivity index (χ0n) is 6.46. The summed E-state index contributed by atoms with van der Waals surface area (Å²) in [6.45, 7) is -0.659. The Morgan fingerprint density at radius 1 is 1.42 bits per heavy atom. The predicted octanol–water partition coefficient (Wildman–Crippen LogP) is -1.47. The van der Waals surface area contributed by atoms with Gasteiger partial charge in [0, 0.05) is 0 Å². The van der Waals surface area contributed by atoms with Gasteiger partial charge in [-0.2, -0.15) is 0 Å². The topological polar surface area (TPSA) is 107 Å². The summed E-state index contributed by atoms with van der Waals surface area (Å²) in [6, 6.07) is 0. The van der Waals surface area contributed by atoms with Crippen molar-refractivity contribution in [3.63, 3.8) is 0 Å². The summed E-state index contributed by atoms with van der Waals surface area (Å²) in [7, 11) is -4.00. The lowest BCUT2D eigenvalue weighted by atomic mass is 10.4. The number of hydrogen-bond acceptors (Lipinski definition) is 4. The second-order valence-corrected chi connectivity index (χ2v) is 4.08. The fourth-order valence-electron chi connectivity index (χ4n) is 0.456. The minimum Gasteiger partial charge on any atom is -0.394 e. The van der Waals surface area contributed by atoms with Crippen LogP contribution in [0.3, 0.4) is 0 Å². The number of aliphatic hydroxyl groups excluding tert-OH is 2. The summed E-state index contributed by atoms with van der Waals surface area (Å²) in [5.74, 6) is 0. The van der Waals surface area contributed by atoms with E-state index in [0.29, 0.717) is 0 Å². The fraction of sp³-hybridized carbons (Fsp3) is 1.00. The zero-order chi connectivity index (χ0) is 9.61. The van der Waals surface area contributed by atoms with Crippen LogP contribution in [0, 0.1) is 0 Å². The molecule has 7 heteroatoms. The highest BCUT2D eigenvalue weighted by Gasteiger charge is 2.12. The van der Waals surface area contributed by atoms with Crippen molar-refractivity contribution in [2.24, 2.45) is 0 Å². The van der Waals surface area contributed by atoms with Crippen molar-refractivity contribution in [3.05, 3.63) is 0 Å². The molecule has 0 bridgehead atoms. The Balaban J connectivity index is 3.28. The van der Waals surface area contributed by atoms with Gasteiger partial charge in [0.2, 0.25) is 0 Å². The maximum atomic E-state index is 10.2. The van der Waals surface area contributed by atoms with Gasteiger partial charge in [0.15, 0.2) is 0 Å². The lowest BCUT2D eigenvalue weighted by Crippen LogP contribution is -2.20. The smallest absolute Gasteiger partial charge is 0.327 e. The quantitative estimate of drug-likeness (QED) is 0.308. The highest BCUT2D eigenvalue weighted by Crippen LogP contribution is 2.33. The molecule has 0 heterocycles. The van der Waals surface area contributed by atoms with Crippen LogP contribution < -0.4 is 0 Å². The molecule has 0 aromatic carbocycles. The van der Waals surface area contributed by atoms with Crippen LogP contribution in [0.1, 0.15) is 0 Å². The van der Waals surface area contributed by atoms with Crippen molar-refractivity contribution in [3.8, 4) is 0 Å². The molecule has 0 radical (unpaired) electrons. The van der Waals surface area contributed by atoms with E-state index in [1.165, 1.54) is 0 Å². The Morgan fingerprint density at radius 2 is 2.00 bits per heavy atom. The van der Waals surface area contributed by atoms with Crippen LogP contribution in [0.5, 0.6) is 0 Å². The molecule has 12 heavy (non-hydrogen) atoms. The Labute approximate surface area is 70.0 Å². The Kier molecular flexibility index (Phi) is 5.65. The van der Waals surface area contributed by atoms with Gasteiger partial charge in [0.1, 0.15) is 6.10 Å². The van der Waals surface area contributed by atoms with Crippen molar-refractivity contribution >= 4 is 7.60 Å². The summed E-state index contributed by atoms with van der Waals surface area (Å²) in [6.07, 6.45) is -1.35. The molecule has 0 aliphatic rings. The van der Waals surface area contributed by atoms with Gasteiger partial charge in [0.25, 0.3) is 0 Å². The van der Waals surface area contributed by atoms with Crippen LogP contribution in [0.25, 0.3) is 0 Å². The number of hydrogen-bond donors (Lipinski definition) is 4. The largest absolute Gasteiger partial charge is 0.394 e. The summed E-state index contributed by atoms with van der Waals surface area (Å²) < 4.78 is 14.9. The van der Waals surface area contributed by atoms with Gasteiger partial charge in [-0.15, -0.1) is 0 Å². The normalized spacial score (nSPS) is 14.7. The minimum atomic E-state index is -4.00. The lowest BCUT2D eigenvalue weighted by molar-refractivity contribution is 0.0102. The molecular formula is C5H13O6P. The first-order chi connectivity index (χ1) is 5.45. The second kappa shape index (κ2) is 5.64. The summed E-state index contributed by atoms with van der Waals surface area (Å²) in [4.78, 5) is 16.7. The molecule has 0 aliphatic heterocycles. The lowest BCUT2D eigenvalue weighted by Gasteiger charge is -2.08. The third kappa shape index (κ3) is 8.13. The molecule has 0 aromatic heterocycles. The summed E-state index contributed by atoms with van der Waals surface area (Å²) in [5.41, 5.74) is 0. The van der Waals surface area contributed by atoms with Crippen LogP contribution in [-0.4, -0.2) is 52.1 Å². The van der Waals surface area contributed by atoms with E-state index >= 15 is 0 Å². The van der Waals surface area contributed by atoms with E-state index in [9.17, 15) is 4.57 Å². The molecule has 74 valence electrons. The molecule has 0 saturated carbocycles. The molecule has 0 spiro atoms. The van der Waals surface area contributed by atoms with Crippen molar-refractivity contribution in [2.45, 2.75) is 6.10 Å². The van der Waals surface area contributed by atoms with Crippen LogP contribution in [-0.2, 0) is 9.30 Å². The van der Waals surface area contributed by atoms with Gasteiger partial charge in [-0.25, -0.2) is 0 Å². The van der Waals surface area contributed by atoms with Crippen molar-refractivity contribution in [1.82, 2.24) is 0 Å². The van der Waals surface area contributed by atoms with E-state index in [0.717, 1.165) is 0 Å². The van der Waals surface area contributed by atoms with Gasteiger partial charge >= 0.3 is 7.60 Å². The zero-order valence-corrected chi connectivity index (χ0v) is 7.35. The monoisotopic (exact) mass is 200 g/mol. The standard InChI is InChI=1S/C5H13O6P/c6-3-5(7)4-11-1-2-12(8,9)10/h5-7H,1-4H2,(H2,8,9,10)/t5-/m0/s1. The first-order valence-electron chi connectivity index (χ1n) is 3.37.